The number of rotatable bonds is 4. The molecule has 1 N–H and O–H groups in total. The van der Waals surface area contributed by atoms with Crippen LogP contribution in [0, 0.1) is 0 Å². The van der Waals surface area contributed by atoms with Crippen molar-refractivity contribution in [2.75, 3.05) is 13.3 Å². The molecule has 0 unspecified atom stereocenters. The van der Waals surface area contributed by atoms with Crippen molar-refractivity contribution in [2.24, 2.45) is 0 Å². The van der Waals surface area contributed by atoms with E-state index in [9.17, 15) is 9.18 Å². The number of hydrogen-bond donors (Lipinski definition) is 1. The van der Waals surface area contributed by atoms with Gasteiger partial charge in [-0.1, -0.05) is 6.07 Å². The van der Waals surface area contributed by atoms with Gasteiger partial charge in [-0.2, -0.15) is 0 Å². The highest BCUT2D eigenvalue weighted by atomic mass is 19.1. The molecule has 0 aromatic heterocycles. The Balaban J connectivity index is 2.73. The van der Waals surface area contributed by atoms with Gasteiger partial charge in [0.05, 0.1) is 5.56 Å². The van der Waals surface area contributed by atoms with Crippen molar-refractivity contribution in [1.82, 2.24) is 0 Å². The lowest BCUT2D eigenvalue weighted by atomic mass is 10.2. The molecule has 0 amide bonds. The van der Waals surface area contributed by atoms with Gasteiger partial charge in [0.1, 0.15) is 19.0 Å². The van der Waals surface area contributed by atoms with Crippen LogP contribution in [0.3, 0.4) is 0 Å². The number of carbonyl (C=O) groups is 1. The number of carboxylic acids is 1. The molecule has 0 aliphatic heterocycles. The molecule has 4 heteroatoms. The van der Waals surface area contributed by atoms with Crippen LogP contribution in [0.4, 0.5) is 4.39 Å². The van der Waals surface area contributed by atoms with Gasteiger partial charge in [-0.25, -0.2) is 9.18 Å². The second-order valence-electron chi connectivity index (χ2n) is 2.37. The van der Waals surface area contributed by atoms with Crippen LogP contribution in [0.5, 0.6) is 5.75 Å². The monoisotopic (exact) mass is 184 g/mol. The fraction of sp³-hybridized carbons (Fsp3) is 0.222. The molecule has 0 aliphatic carbocycles. The molecular formula is C9H9FO3. The Bertz CT molecular complexity index is 299. The number of alkyl halides is 1. The lowest BCUT2D eigenvalue weighted by Crippen LogP contribution is -2.01. The molecule has 0 atom stereocenters. The summed E-state index contributed by atoms with van der Waals surface area (Å²) in [7, 11) is 0. The van der Waals surface area contributed by atoms with Crippen LogP contribution >= 0.6 is 0 Å². The number of halogens is 1. The summed E-state index contributed by atoms with van der Waals surface area (Å²) in [4.78, 5) is 10.5. The summed E-state index contributed by atoms with van der Waals surface area (Å²) in [5.41, 5.74) is 0.136. The first-order valence-corrected chi connectivity index (χ1v) is 3.76. The summed E-state index contributed by atoms with van der Waals surface area (Å²) in [6, 6.07) is 5.95. The van der Waals surface area contributed by atoms with E-state index in [1.807, 2.05) is 0 Å². The summed E-state index contributed by atoms with van der Waals surface area (Å²) in [6.45, 7) is -0.639. The highest BCUT2D eigenvalue weighted by Crippen LogP contribution is 2.12. The van der Waals surface area contributed by atoms with Gasteiger partial charge >= 0.3 is 5.97 Å². The molecule has 0 saturated carbocycles. The molecular weight excluding hydrogens is 175 g/mol. The summed E-state index contributed by atoms with van der Waals surface area (Å²) < 4.78 is 16.6. The zero-order chi connectivity index (χ0) is 9.68. The Morgan fingerprint density at radius 1 is 1.54 bits per heavy atom. The Hall–Kier alpha value is -1.58. The third kappa shape index (κ3) is 2.74. The second-order valence-corrected chi connectivity index (χ2v) is 2.37. The van der Waals surface area contributed by atoms with Crippen molar-refractivity contribution < 1.29 is 19.0 Å². The van der Waals surface area contributed by atoms with Gasteiger partial charge in [0.15, 0.2) is 0 Å². The van der Waals surface area contributed by atoms with Gasteiger partial charge in [0.2, 0.25) is 0 Å². The maximum absolute atomic E-state index is 11.7. The summed E-state index contributed by atoms with van der Waals surface area (Å²) in [5, 5.41) is 8.61. The Morgan fingerprint density at radius 3 is 2.92 bits per heavy atom. The minimum atomic E-state index is -1.02. The van der Waals surface area contributed by atoms with E-state index in [1.165, 1.54) is 12.1 Å². The van der Waals surface area contributed by atoms with Crippen LogP contribution in [-0.4, -0.2) is 24.4 Å². The van der Waals surface area contributed by atoms with Crippen LogP contribution in [0.2, 0.25) is 0 Å². The van der Waals surface area contributed by atoms with Crippen molar-refractivity contribution in [1.29, 1.82) is 0 Å². The second kappa shape index (κ2) is 4.45. The third-order valence-electron chi connectivity index (χ3n) is 1.43. The first-order valence-electron chi connectivity index (χ1n) is 3.76. The standard InChI is InChI=1S/C9H9FO3/c10-4-5-13-8-3-1-2-7(6-8)9(11)12/h1-3,6H,4-5H2,(H,11,12). The summed E-state index contributed by atoms with van der Waals surface area (Å²) in [5.74, 6) is -0.650. The first-order chi connectivity index (χ1) is 6.24. The smallest absolute Gasteiger partial charge is 0.335 e. The molecule has 1 aromatic carbocycles. The fourth-order valence-electron chi connectivity index (χ4n) is 0.875. The van der Waals surface area contributed by atoms with E-state index in [-0.39, 0.29) is 12.2 Å². The quantitative estimate of drug-likeness (QED) is 0.775. The number of benzene rings is 1. The molecule has 0 bridgehead atoms. The van der Waals surface area contributed by atoms with Gasteiger partial charge in [0.25, 0.3) is 0 Å². The largest absolute Gasteiger partial charge is 0.491 e. The summed E-state index contributed by atoms with van der Waals surface area (Å²) in [6.07, 6.45) is 0. The average Bonchev–Trinajstić information content (AvgIpc) is 2.15. The van der Waals surface area contributed by atoms with E-state index in [0.717, 1.165) is 0 Å². The predicted molar refractivity (Wildman–Crippen MR) is 44.9 cm³/mol. The van der Waals surface area contributed by atoms with E-state index in [0.29, 0.717) is 5.75 Å². The molecule has 0 spiro atoms. The molecule has 1 aromatic rings. The van der Waals surface area contributed by atoms with Crippen molar-refractivity contribution >= 4 is 5.97 Å². The van der Waals surface area contributed by atoms with Crippen molar-refractivity contribution in [3.63, 3.8) is 0 Å². The van der Waals surface area contributed by atoms with Crippen LogP contribution < -0.4 is 4.74 Å². The van der Waals surface area contributed by atoms with E-state index in [4.69, 9.17) is 9.84 Å². The van der Waals surface area contributed by atoms with Crippen molar-refractivity contribution in [2.45, 2.75) is 0 Å². The number of ether oxygens (including phenoxy) is 1. The predicted octanol–water partition coefficient (Wildman–Crippen LogP) is 1.73. The van der Waals surface area contributed by atoms with Crippen LogP contribution in [0.25, 0.3) is 0 Å². The molecule has 0 aliphatic rings. The highest BCUT2D eigenvalue weighted by Gasteiger charge is 2.02. The van der Waals surface area contributed by atoms with E-state index >= 15 is 0 Å². The Labute approximate surface area is 74.8 Å². The zero-order valence-corrected chi connectivity index (χ0v) is 6.87. The number of carboxylic acid groups (broad SMARTS) is 1. The average molecular weight is 184 g/mol. The molecule has 0 fully saturated rings. The summed E-state index contributed by atoms with van der Waals surface area (Å²) >= 11 is 0. The van der Waals surface area contributed by atoms with Crippen molar-refractivity contribution in [3.8, 4) is 5.75 Å². The van der Waals surface area contributed by atoms with Gasteiger partial charge in [-0.15, -0.1) is 0 Å². The van der Waals surface area contributed by atoms with Gasteiger partial charge in [0, 0.05) is 0 Å². The minimum absolute atomic E-state index is 0.0525. The number of hydrogen-bond acceptors (Lipinski definition) is 2. The lowest BCUT2D eigenvalue weighted by molar-refractivity contribution is 0.0696. The minimum Gasteiger partial charge on any atom is -0.491 e. The van der Waals surface area contributed by atoms with E-state index in [2.05, 4.69) is 0 Å². The highest BCUT2D eigenvalue weighted by molar-refractivity contribution is 5.87. The normalized spacial score (nSPS) is 9.62. The topological polar surface area (TPSA) is 46.5 Å². The van der Waals surface area contributed by atoms with Gasteiger partial charge < -0.3 is 9.84 Å². The molecule has 0 radical (unpaired) electrons. The van der Waals surface area contributed by atoms with Crippen molar-refractivity contribution in [3.05, 3.63) is 29.8 Å². The Kier molecular flexibility index (Phi) is 3.25. The van der Waals surface area contributed by atoms with E-state index in [1.54, 1.807) is 12.1 Å². The third-order valence-corrected chi connectivity index (χ3v) is 1.43. The van der Waals surface area contributed by atoms with Crippen LogP contribution in [0.1, 0.15) is 10.4 Å². The molecule has 13 heavy (non-hydrogen) atoms. The molecule has 0 saturated heterocycles. The van der Waals surface area contributed by atoms with Crippen LogP contribution in [-0.2, 0) is 0 Å². The zero-order valence-electron chi connectivity index (χ0n) is 6.87. The van der Waals surface area contributed by atoms with Gasteiger partial charge in [-0.3, -0.25) is 0 Å². The van der Waals surface area contributed by atoms with E-state index < -0.39 is 12.6 Å². The molecule has 3 nitrogen and oxygen atoms in total. The maximum atomic E-state index is 11.7. The first kappa shape index (κ1) is 9.51. The SMILES string of the molecule is O=C(O)c1cccc(OCCF)c1. The fourth-order valence-corrected chi connectivity index (χ4v) is 0.875. The number of aromatic carboxylic acids is 1. The molecule has 70 valence electrons. The molecule has 1 rings (SSSR count). The Morgan fingerprint density at radius 2 is 2.31 bits per heavy atom. The maximum Gasteiger partial charge on any atom is 0.335 e. The molecule has 0 heterocycles. The van der Waals surface area contributed by atoms with Crippen LogP contribution in [0.15, 0.2) is 24.3 Å². The lowest BCUT2D eigenvalue weighted by Gasteiger charge is -2.03. The van der Waals surface area contributed by atoms with Gasteiger partial charge in [-0.05, 0) is 18.2 Å².